The molecule has 150 valence electrons. The highest BCUT2D eigenvalue weighted by Crippen LogP contribution is 2.40. The smallest absolute Gasteiger partial charge is 0.0856 e. The predicted molar refractivity (Wildman–Crippen MR) is 122 cm³/mol. The molecule has 0 aliphatic carbocycles. The van der Waals surface area contributed by atoms with E-state index in [0.29, 0.717) is 6.04 Å². The number of nitriles is 1. The van der Waals surface area contributed by atoms with E-state index in [1.54, 1.807) is 0 Å². The second kappa shape index (κ2) is 10.8. The van der Waals surface area contributed by atoms with Crippen LogP contribution in [0.3, 0.4) is 0 Å². The minimum absolute atomic E-state index is 0.247. The highest BCUT2D eigenvalue weighted by atomic mass is 79.9. The fourth-order valence-electron chi connectivity index (χ4n) is 3.98. The zero-order valence-corrected chi connectivity index (χ0v) is 19.2. The number of benzene rings is 2. The van der Waals surface area contributed by atoms with Crippen molar-refractivity contribution in [3.63, 3.8) is 0 Å². The molecule has 0 bridgehead atoms. The summed E-state index contributed by atoms with van der Waals surface area (Å²) < 4.78 is 1.03. The molecule has 0 saturated carbocycles. The van der Waals surface area contributed by atoms with Gasteiger partial charge in [0.05, 0.1) is 11.5 Å². The van der Waals surface area contributed by atoms with Crippen LogP contribution in [0.25, 0.3) is 0 Å². The van der Waals surface area contributed by atoms with Gasteiger partial charge in [-0.3, -0.25) is 4.90 Å². The molecule has 0 aliphatic rings. The summed E-state index contributed by atoms with van der Waals surface area (Å²) in [5, 5.41) is 10.2. The zero-order chi connectivity index (χ0) is 20.6. The van der Waals surface area contributed by atoms with Crippen LogP contribution in [0, 0.1) is 17.2 Å². The SMILES string of the molecule is CCCN(Cc1ccccc1)C(C)CCC(C#N)(c1ccccc1Br)C(C)C. The van der Waals surface area contributed by atoms with Crippen molar-refractivity contribution in [1.29, 1.82) is 5.26 Å². The van der Waals surface area contributed by atoms with E-state index in [1.807, 2.05) is 18.2 Å². The molecule has 2 atom stereocenters. The number of halogens is 1. The third-order valence-electron chi connectivity index (χ3n) is 5.86. The molecule has 2 nitrogen and oxygen atoms in total. The molecule has 0 aliphatic heterocycles. The van der Waals surface area contributed by atoms with Gasteiger partial charge in [0.15, 0.2) is 0 Å². The summed E-state index contributed by atoms with van der Waals surface area (Å²) in [6, 6.07) is 22.0. The van der Waals surface area contributed by atoms with Gasteiger partial charge in [0, 0.05) is 17.1 Å². The van der Waals surface area contributed by atoms with E-state index in [2.05, 4.69) is 91.0 Å². The number of hydrogen-bond donors (Lipinski definition) is 0. The van der Waals surface area contributed by atoms with E-state index in [0.717, 1.165) is 42.4 Å². The van der Waals surface area contributed by atoms with E-state index >= 15 is 0 Å². The molecule has 0 aromatic heterocycles. The quantitative estimate of drug-likeness (QED) is 0.399. The third-order valence-corrected chi connectivity index (χ3v) is 6.55. The Morgan fingerprint density at radius 1 is 1.04 bits per heavy atom. The van der Waals surface area contributed by atoms with E-state index in [1.165, 1.54) is 5.56 Å². The summed E-state index contributed by atoms with van der Waals surface area (Å²) in [6.45, 7) is 10.9. The average Bonchev–Trinajstić information content (AvgIpc) is 2.70. The lowest BCUT2D eigenvalue weighted by Gasteiger charge is -2.35. The fourth-order valence-corrected chi connectivity index (χ4v) is 4.62. The van der Waals surface area contributed by atoms with E-state index < -0.39 is 5.41 Å². The van der Waals surface area contributed by atoms with Gasteiger partial charge in [0.1, 0.15) is 0 Å². The first-order valence-electron chi connectivity index (χ1n) is 10.4. The van der Waals surface area contributed by atoms with Crippen molar-refractivity contribution in [2.24, 2.45) is 5.92 Å². The van der Waals surface area contributed by atoms with Crippen LogP contribution in [0.1, 0.15) is 58.1 Å². The van der Waals surface area contributed by atoms with Gasteiger partial charge >= 0.3 is 0 Å². The van der Waals surface area contributed by atoms with Gasteiger partial charge in [-0.2, -0.15) is 5.26 Å². The monoisotopic (exact) mass is 440 g/mol. The molecule has 0 amide bonds. The first kappa shape index (κ1) is 22.7. The lowest BCUT2D eigenvalue weighted by molar-refractivity contribution is 0.177. The van der Waals surface area contributed by atoms with Crippen molar-refractivity contribution >= 4 is 15.9 Å². The maximum atomic E-state index is 10.2. The summed E-state index contributed by atoms with van der Waals surface area (Å²) in [4.78, 5) is 2.55. The highest BCUT2D eigenvalue weighted by molar-refractivity contribution is 9.10. The largest absolute Gasteiger partial charge is 0.296 e. The summed E-state index contributed by atoms with van der Waals surface area (Å²) in [6.07, 6.45) is 2.99. The lowest BCUT2D eigenvalue weighted by Crippen LogP contribution is -2.37. The molecule has 0 radical (unpaired) electrons. The van der Waals surface area contributed by atoms with Gasteiger partial charge in [-0.25, -0.2) is 0 Å². The molecule has 2 aromatic rings. The Morgan fingerprint density at radius 2 is 1.68 bits per heavy atom. The van der Waals surface area contributed by atoms with Gasteiger partial charge in [-0.1, -0.05) is 85.2 Å². The maximum absolute atomic E-state index is 10.2. The van der Waals surface area contributed by atoms with Crippen LogP contribution in [-0.4, -0.2) is 17.5 Å². The Morgan fingerprint density at radius 3 is 2.25 bits per heavy atom. The van der Waals surface area contributed by atoms with Crippen LogP contribution < -0.4 is 0 Å². The molecule has 2 unspecified atom stereocenters. The summed E-state index contributed by atoms with van der Waals surface area (Å²) in [7, 11) is 0. The molecule has 0 spiro atoms. The van der Waals surface area contributed by atoms with Gasteiger partial charge in [-0.15, -0.1) is 0 Å². The first-order valence-corrected chi connectivity index (χ1v) is 11.2. The molecule has 0 fully saturated rings. The van der Waals surface area contributed by atoms with Gasteiger partial charge in [-0.05, 0) is 55.8 Å². The third kappa shape index (κ3) is 5.46. The molecule has 28 heavy (non-hydrogen) atoms. The maximum Gasteiger partial charge on any atom is 0.0856 e. The predicted octanol–water partition coefficient (Wildman–Crippen LogP) is 6.95. The number of rotatable bonds is 10. The fraction of sp³-hybridized carbons (Fsp3) is 0.480. The Bertz CT molecular complexity index is 766. The minimum Gasteiger partial charge on any atom is -0.296 e. The zero-order valence-electron chi connectivity index (χ0n) is 17.7. The lowest BCUT2D eigenvalue weighted by atomic mass is 9.69. The summed E-state index contributed by atoms with van der Waals surface area (Å²) in [5.41, 5.74) is 1.99. The molecular weight excluding hydrogens is 408 g/mol. The van der Waals surface area contributed by atoms with Crippen molar-refractivity contribution in [1.82, 2.24) is 4.90 Å². The Hall–Kier alpha value is -1.63. The van der Waals surface area contributed by atoms with Crippen LogP contribution in [0.4, 0.5) is 0 Å². The van der Waals surface area contributed by atoms with E-state index in [9.17, 15) is 5.26 Å². The summed E-state index contributed by atoms with van der Waals surface area (Å²) in [5.74, 6) is 0.247. The number of nitrogens with zero attached hydrogens (tertiary/aromatic N) is 2. The normalized spacial score (nSPS) is 14.6. The van der Waals surface area contributed by atoms with Gasteiger partial charge in [0.25, 0.3) is 0 Å². The van der Waals surface area contributed by atoms with Gasteiger partial charge < -0.3 is 0 Å². The number of hydrogen-bond acceptors (Lipinski definition) is 2. The van der Waals surface area contributed by atoms with E-state index in [-0.39, 0.29) is 5.92 Å². The first-order chi connectivity index (χ1) is 13.4. The van der Waals surface area contributed by atoms with E-state index in [4.69, 9.17) is 0 Å². The Labute approximate surface area is 179 Å². The standard InChI is InChI=1S/C25H33BrN2/c1-5-17-28(18-22-11-7-6-8-12-22)21(4)15-16-25(19-27,20(2)3)23-13-9-10-14-24(23)26/h6-14,20-21H,5,15-18H2,1-4H3. The molecule has 3 heteroatoms. The van der Waals surface area contributed by atoms with Crippen LogP contribution in [-0.2, 0) is 12.0 Å². The molecular formula is C25H33BrN2. The second-order valence-electron chi connectivity index (χ2n) is 8.06. The summed E-state index contributed by atoms with van der Waals surface area (Å²) >= 11 is 3.68. The van der Waals surface area contributed by atoms with Gasteiger partial charge in [0.2, 0.25) is 0 Å². The van der Waals surface area contributed by atoms with Crippen LogP contribution in [0.2, 0.25) is 0 Å². The Kier molecular flexibility index (Phi) is 8.73. The minimum atomic E-state index is -0.473. The molecule has 0 saturated heterocycles. The van der Waals surface area contributed by atoms with Crippen molar-refractivity contribution in [3.8, 4) is 6.07 Å². The van der Waals surface area contributed by atoms with Crippen molar-refractivity contribution in [3.05, 3.63) is 70.2 Å². The van der Waals surface area contributed by atoms with Crippen LogP contribution >= 0.6 is 15.9 Å². The van der Waals surface area contributed by atoms with Crippen LogP contribution in [0.5, 0.6) is 0 Å². The molecule has 0 heterocycles. The van der Waals surface area contributed by atoms with Crippen molar-refractivity contribution in [2.45, 2.75) is 65.0 Å². The second-order valence-corrected chi connectivity index (χ2v) is 8.92. The molecule has 2 rings (SSSR count). The van der Waals surface area contributed by atoms with Crippen molar-refractivity contribution < 1.29 is 0 Å². The molecule has 0 N–H and O–H groups in total. The topological polar surface area (TPSA) is 27.0 Å². The van der Waals surface area contributed by atoms with Crippen LogP contribution in [0.15, 0.2) is 59.1 Å². The molecule has 2 aromatic carbocycles. The average molecular weight is 441 g/mol. The highest BCUT2D eigenvalue weighted by Gasteiger charge is 2.37. The Balaban J connectivity index is 2.18. The van der Waals surface area contributed by atoms with Crippen molar-refractivity contribution in [2.75, 3.05) is 6.54 Å².